The van der Waals surface area contributed by atoms with Gasteiger partial charge in [0.1, 0.15) is 11.9 Å². The Balaban J connectivity index is 1.41. The molecule has 1 atom stereocenters. The van der Waals surface area contributed by atoms with Crippen LogP contribution in [-0.4, -0.2) is 68.4 Å². The number of nitrogens with one attached hydrogen (secondary N) is 1. The van der Waals surface area contributed by atoms with Gasteiger partial charge in [0.15, 0.2) is 0 Å². The molecule has 122 valence electrons. The van der Waals surface area contributed by atoms with Gasteiger partial charge < -0.3 is 15.3 Å². The van der Waals surface area contributed by atoms with Gasteiger partial charge in [-0.3, -0.25) is 4.79 Å². The number of likely N-dealkylation sites (tertiary alicyclic amines) is 1. The third-order valence-corrected chi connectivity index (χ3v) is 5.13. The number of aromatic nitrogens is 4. The fourth-order valence-electron chi connectivity index (χ4n) is 3.62. The van der Waals surface area contributed by atoms with Crippen LogP contribution in [0.1, 0.15) is 31.5 Å². The molecular weight excluding hydrogens is 284 g/mol. The topological polar surface area (TPSA) is 96.2 Å². The van der Waals surface area contributed by atoms with Gasteiger partial charge in [-0.15, -0.1) is 5.10 Å². The molecule has 2 aliphatic rings. The van der Waals surface area contributed by atoms with Gasteiger partial charge in [-0.2, -0.15) is 0 Å². The Labute approximate surface area is 129 Å². The van der Waals surface area contributed by atoms with Crippen LogP contribution in [0.3, 0.4) is 0 Å². The van der Waals surface area contributed by atoms with Gasteiger partial charge in [0.25, 0.3) is 0 Å². The fraction of sp³-hybridized carbons (Fsp3) is 0.857. The zero-order valence-electron chi connectivity index (χ0n) is 13.0. The Kier molecular flexibility index (Phi) is 4.39. The predicted molar refractivity (Wildman–Crippen MR) is 79.3 cm³/mol. The quantitative estimate of drug-likeness (QED) is 0.784. The molecular formula is C14H24N6O2. The van der Waals surface area contributed by atoms with E-state index < -0.39 is 5.97 Å². The number of nitrogens with zero attached hydrogens (tertiary/aromatic N) is 5. The number of hydrogen-bond acceptors (Lipinski definition) is 6. The third-order valence-electron chi connectivity index (χ3n) is 5.13. The van der Waals surface area contributed by atoms with E-state index in [1.54, 1.807) is 0 Å². The van der Waals surface area contributed by atoms with Gasteiger partial charge in [0.2, 0.25) is 0 Å². The summed E-state index contributed by atoms with van der Waals surface area (Å²) in [6.45, 7) is 6.78. The lowest BCUT2D eigenvalue weighted by atomic mass is 9.76. The first-order valence-corrected chi connectivity index (χ1v) is 7.99. The van der Waals surface area contributed by atoms with Crippen LogP contribution in [0, 0.1) is 12.3 Å². The second-order valence-electron chi connectivity index (χ2n) is 6.62. The van der Waals surface area contributed by atoms with Crippen molar-refractivity contribution < 1.29 is 9.90 Å². The van der Waals surface area contributed by atoms with E-state index in [0.717, 1.165) is 64.2 Å². The summed E-state index contributed by atoms with van der Waals surface area (Å²) in [7, 11) is 0. The molecule has 2 fully saturated rings. The summed E-state index contributed by atoms with van der Waals surface area (Å²) in [4.78, 5) is 13.6. The van der Waals surface area contributed by atoms with Crippen molar-refractivity contribution in [3.63, 3.8) is 0 Å². The number of carbonyl (C=O) groups is 1. The second kappa shape index (κ2) is 6.29. The monoisotopic (exact) mass is 308 g/mol. The van der Waals surface area contributed by atoms with Crippen LogP contribution < -0.4 is 5.32 Å². The summed E-state index contributed by atoms with van der Waals surface area (Å²) in [5.74, 6) is 0.144. The van der Waals surface area contributed by atoms with Crippen molar-refractivity contribution in [2.45, 2.75) is 45.2 Å². The number of aryl methyl sites for hydroxylation is 2. The molecule has 0 aliphatic carbocycles. The van der Waals surface area contributed by atoms with Crippen molar-refractivity contribution in [2.24, 2.45) is 5.41 Å². The molecule has 0 bridgehead atoms. The lowest BCUT2D eigenvalue weighted by molar-refractivity contribution is -0.139. The Hall–Kier alpha value is -1.54. The molecule has 8 heteroatoms. The van der Waals surface area contributed by atoms with Gasteiger partial charge >= 0.3 is 5.97 Å². The fourth-order valence-corrected chi connectivity index (χ4v) is 3.62. The Morgan fingerprint density at radius 2 is 2.18 bits per heavy atom. The maximum atomic E-state index is 11.1. The first kappa shape index (κ1) is 15.4. The molecule has 8 nitrogen and oxygen atoms in total. The minimum absolute atomic E-state index is 0.200. The normalized spacial score (nSPS) is 24.9. The number of carboxylic acid groups (broad SMARTS) is 1. The summed E-state index contributed by atoms with van der Waals surface area (Å²) in [6, 6.07) is -0.352. The van der Waals surface area contributed by atoms with Crippen molar-refractivity contribution in [3.8, 4) is 0 Å². The number of tetrazole rings is 1. The molecule has 1 aromatic rings. The molecule has 0 amide bonds. The van der Waals surface area contributed by atoms with Gasteiger partial charge in [-0.25, -0.2) is 4.68 Å². The highest BCUT2D eigenvalue weighted by Crippen LogP contribution is 2.39. The average Bonchev–Trinajstić information content (AvgIpc) is 3.09. The first-order chi connectivity index (χ1) is 10.6. The molecule has 1 spiro atoms. The summed E-state index contributed by atoms with van der Waals surface area (Å²) in [5.41, 5.74) is 0.200. The minimum atomic E-state index is -0.712. The van der Waals surface area contributed by atoms with E-state index >= 15 is 0 Å². The molecule has 0 radical (unpaired) electrons. The summed E-state index contributed by atoms with van der Waals surface area (Å²) < 4.78 is 1.84. The van der Waals surface area contributed by atoms with Gasteiger partial charge in [0, 0.05) is 13.1 Å². The molecule has 3 rings (SSSR count). The molecule has 2 N–H and O–H groups in total. The minimum Gasteiger partial charge on any atom is -0.480 e. The first-order valence-electron chi connectivity index (χ1n) is 7.99. The molecule has 0 unspecified atom stereocenters. The predicted octanol–water partition coefficient (Wildman–Crippen LogP) is -0.0997. The van der Waals surface area contributed by atoms with E-state index in [9.17, 15) is 4.79 Å². The number of aliphatic carboxylic acids is 1. The van der Waals surface area contributed by atoms with Crippen LogP contribution in [0.5, 0.6) is 0 Å². The van der Waals surface area contributed by atoms with Crippen LogP contribution in [0.2, 0.25) is 0 Å². The molecule has 22 heavy (non-hydrogen) atoms. The highest BCUT2D eigenvalue weighted by atomic mass is 16.4. The maximum Gasteiger partial charge on any atom is 0.320 e. The van der Waals surface area contributed by atoms with Gasteiger partial charge in [-0.05, 0) is 68.1 Å². The van der Waals surface area contributed by atoms with Gasteiger partial charge in [0.05, 0.1) is 0 Å². The van der Waals surface area contributed by atoms with E-state index in [2.05, 4.69) is 25.7 Å². The standard InChI is InChI=1S/C14H24N6O2/c1-11-16-17-18-20(11)6-2-5-19-7-3-14(4-8-19)9-12(13(21)22)15-10-14/h12,15H,2-10H2,1H3,(H,21,22)/t12-/m1/s1. The summed E-state index contributed by atoms with van der Waals surface area (Å²) >= 11 is 0. The van der Waals surface area contributed by atoms with Crippen molar-refractivity contribution in [2.75, 3.05) is 26.2 Å². The molecule has 2 aliphatic heterocycles. The van der Waals surface area contributed by atoms with E-state index in [1.165, 1.54) is 0 Å². The van der Waals surface area contributed by atoms with Crippen LogP contribution in [0.25, 0.3) is 0 Å². The Morgan fingerprint density at radius 1 is 1.41 bits per heavy atom. The largest absolute Gasteiger partial charge is 0.480 e. The molecule has 1 aromatic heterocycles. The SMILES string of the molecule is Cc1nnnn1CCCN1CCC2(CC1)CN[C@@H](C(=O)O)C2. The smallest absolute Gasteiger partial charge is 0.320 e. The Bertz CT molecular complexity index is 523. The highest BCUT2D eigenvalue weighted by Gasteiger charge is 2.43. The highest BCUT2D eigenvalue weighted by molar-refractivity contribution is 5.74. The van der Waals surface area contributed by atoms with Crippen LogP contribution in [-0.2, 0) is 11.3 Å². The van der Waals surface area contributed by atoms with E-state index in [4.69, 9.17) is 5.11 Å². The van der Waals surface area contributed by atoms with Crippen LogP contribution in [0.4, 0.5) is 0 Å². The van der Waals surface area contributed by atoms with Gasteiger partial charge in [-0.1, -0.05) is 0 Å². The average molecular weight is 308 g/mol. The molecule has 2 saturated heterocycles. The van der Waals surface area contributed by atoms with Crippen molar-refractivity contribution >= 4 is 5.97 Å². The van der Waals surface area contributed by atoms with E-state index in [-0.39, 0.29) is 11.5 Å². The zero-order chi connectivity index (χ0) is 15.6. The lowest BCUT2D eigenvalue weighted by Crippen LogP contribution is -2.41. The third kappa shape index (κ3) is 3.27. The number of hydrogen-bond donors (Lipinski definition) is 2. The summed E-state index contributed by atoms with van der Waals surface area (Å²) in [6.07, 6.45) is 4.00. The number of carboxylic acids is 1. The molecule has 0 aromatic carbocycles. The van der Waals surface area contributed by atoms with Crippen molar-refractivity contribution in [3.05, 3.63) is 5.82 Å². The molecule has 0 saturated carbocycles. The number of rotatable bonds is 5. The van der Waals surface area contributed by atoms with E-state index in [0.29, 0.717) is 0 Å². The Morgan fingerprint density at radius 3 is 2.77 bits per heavy atom. The zero-order valence-corrected chi connectivity index (χ0v) is 13.0. The molecule has 3 heterocycles. The number of piperidine rings is 1. The van der Waals surface area contributed by atoms with Crippen LogP contribution in [0.15, 0.2) is 0 Å². The lowest BCUT2D eigenvalue weighted by Gasteiger charge is -2.39. The van der Waals surface area contributed by atoms with E-state index in [1.807, 2.05) is 11.6 Å². The van der Waals surface area contributed by atoms with Crippen molar-refractivity contribution in [1.29, 1.82) is 0 Å². The maximum absolute atomic E-state index is 11.1. The van der Waals surface area contributed by atoms with Crippen molar-refractivity contribution in [1.82, 2.24) is 30.4 Å². The summed E-state index contributed by atoms with van der Waals surface area (Å²) in [5, 5.41) is 23.8. The second-order valence-corrected chi connectivity index (χ2v) is 6.62. The van der Waals surface area contributed by atoms with Crippen LogP contribution >= 0.6 is 0 Å².